The molecule has 1 aliphatic heterocycles. The summed E-state index contributed by atoms with van der Waals surface area (Å²) < 4.78 is 37.4. The van der Waals surface area contributed by atoms with Gasteiger partial charge in [-0.2, -0.15) is 0 Å². The SMILES string of the molecule is COCCN1CC(NC(=O)Nc2sc(C(=O)OC)nc2-c2ccccc2)C(c2ccc(F)c(F)c2)C1. The first-order chi connectivity index (χ1) is 17.4. The normalized spacial score (nSPS) is 17.7. The van der Waals surface area contributed by atoms with E-state index in [1.807, 2.05) is 30.3 Å². The quantitative estimate of drug-likeness (QED) is 0.438. The number of urea groups is 1. The molecule has 0 spiro atoms. The van der Waals surface area contributed by atoms with Crippen molar-refractivity contribution in [2.24, 2.45) is 0 Å². The number of carbonyl (C=O) groups excluding carboxylic acids is 2. The van der Waals surface area contributed by atoms with E-state index in [-0.39, 0.29) is 17.0 Å². The molecular weight excluding hydrogens is 490 g/mol. The Kier molecular flexibility index (Phi) is 8.24. The van der Waals surface area contributed by atoms with Crippen LogP contribution in [0.5, 0.6) is 0 Å². The highest BCUT2D eigenvalue weighted by atomic mass is 32.1. The summed E-state index contributed by atoms with van der Waals surface area (Å²) in [7, 11) is 2.87. The lowest BCUT2D eigenvalue weighted by atomic mass is 9.94. The summed E-state index contributed by atoms with van der Waals surface area (Å²) in [4.78, 5) is 31.6. The van der Waals surface area contributed by atoms with E-state index >= 15 is 0 Å². The number of ether oxygens (including phenoxy) is 2. The fraction of sp³-hybridized carbons (Fsp3) is 0.320. The van der Waals surface area contributed by atoms with Gasteiger partial charge in [0.15, 0.2) is 11.6 Å². The molecule has 1 aromatic heterocycles. The van der Waals surface area contributed by atoms with Crippen LogP contribution < -0.4 is 10.6 Å². The van der Waals surface area contributed by atoms with Crippen LogP contribution in [0.1, 0.15) is 21.3 Å². The number of halogens is 2. The van der Waals surface area contributed by atoms with Gasteiger partial charge in [0.05, 0.1) is 19.8 Å². The second-order valence-corrected chi connectivity index (χ2v) is 9.29. The molecule has 3 aromatic rings. The van der Waals surface area contributed by atoms with Crippen LogP contribution in [0, 0.1) is 11.6 Å². The zero-order valence-corrected chi connectivity index (χ0v) is 20.6. The van der Waals surface area contributed by atoms with E-state index in [9.17, 15) is 18.4 Å². The fourth-order valence-corrected chi connectivity index (χ4v) is 5.09. The highest BCUT2D eigenvalue weighted by Crippen LogP contribution is 2.34. The number of rotatable bonds is 8. The Morgan fingerprint density at radius 3 is 2.58 bits per heavy atom. The van der Waals surface area contributed by atoms with Gasteiger partial charge in [-0.05, 0) is 17.7 Å². The number of likely N-dealkylation sites (tertiary alicyclic amines) is 1. The van der Waals surface area contributed by atoms with E-state index in [2.05, 4.69) is 20.5 Å². The monoisotopic (exact) mass is 516 g/mol. The van der Waals surface area contributed by atoms with Crippen molar-refractivity contribution in [1.82, 2.24) is 15.2 Å². The molecular formula is C25H26F2N4O4S. The molecule has 1 saturated heterocycles. The van der Waals surface area contributed by atoms with Gasteiger partial charge in [-0.25, -0.2) is 23.4 Å². The summed E-state index contributed by atoms with van der Waals surface area (Å²) in [6.07, 6.45) is 0. The van der Waals surface area contributed by atoms with Crippen LogP contribution in [0.25, 0.3) is 11.3 Å². The van der Waals surface area contributed by atoms with Crippen LogP contribution in [-0.2, 0) is 9.47 Å². The van der Waals surface area contributed by atoms with Gasteiger partial charge < -0.3 is 14.8 Å². The Morgan fingerprint density at radius 2 is 1.89 bits per heavy atom. The van der Waals surface area contributed by atoms with Crippen molar-refractivity contribution in [3.63, 3.8) is 0 Å². The number of carbonyl (C=O) groups is 2. The minimum absolute atomic E-state index is 0.109. The van der Waals surface area contributed by atoms with Crippen molar-refractivity contribution in [1.29, 1.82) is 0 Å². The van der Waals surface area contributed by atoms with Gasteiger partial charge in [0, 0.05) is 38.2 Å². The molecule has 0 radical (unpaired) electrons. The van der Waals surface area contributed by atoms with Crippen molar-refractivity contribution >= 4 is 28.3 Å². The number of hydrogen-bond donors (Lipinski definition) is 2. The summed E-state index contributed by atoms with van der Waals surface area (Å²) >= 11 is 1.01. The molecule has 0 aliphatic carbocycles. The summed E-state index contributed by atoms with van der Waals surface area (Å²) in [6.45, 7) is 2.18. The Bertz CT molecular complexity index is 1220. The van der Waals surface area contributed by atoms with E-state index in [1.54, 1.807) is 7.11 Å². The molecule has 0 saturated carbocycles. The molecule has 2 amide bonds. The van der Waals surface area contributed by atoms with Gasteiger partial charge in [0.25, 0.3) is 0 Å². The molecule has 1 fully saturated rings. The van der Waals surface area contributed by atoms with Crippen molar-refractivity contribution in [2.45, 2.75) is 12.0 Å². The first kappa shape index (κ1) is 25.7. The number of amides is 2. The number of nitrogens with one attached hydrogen (secondary N) is 2. The standard InChI is InChI=1S/C25H26F2N4O4S/c1-34-11-10-31-13-17(16-8-9-18(26)19(27)12-16)20(14-31)28-25(33)30-22-21(15-6-4-3-5-7-15)29-23(36-22)24(32)35-2/h3-9,12,17,20H,10-11,13-14H2,1-2H3,(H2,28,30,33). The molecule has 1 aliphatic rings. The molecule has 2 heterocycles. The Labute approximate surface area is 211 Å². The van der Waals surface area contributed by atoms with Crippen molar-refractivity contribution in [2.75, 3.05) is 45.8 Å². The average molecular weight is 517 g/mol. The minimum Gasteiger partial charge on any atom is -0.464 e. The second-order valence-electron chi connectivity index (χ2n) is 8.29. The van der Waals surface area contributed by atoms with Gasteiger partial charge >= 0.3 is 12.0 Å². The summed E-state index contributed by atoms with van der Waals surface area (Å²) in [6, 6.07) is 12.1. The number of esters is 1. The first-order valence-corrected chi connectivity index (χ1v) is 12.1. The molecule has 2 N–H and O–H groups in total. The van der Waals surface area contributed by atoms with E-state index in [1.165, 1.54) is 19.2 Å². The Balaban J connectivity index is 1.55. The maximum Gasteiger partial charge on any atom is 0.367 e. The van der Waals surface area contributed by atoms with Crippen LogP contribution in [0.15, 0.2) is 48.5 Å². The molecule has 4 rings (SSSR count). The maximum atomic E-state index is 14.0. The van der Waals surface area contributed by atoms with E-state index < -0.39 is 23.6 Å². The predicted molar refractivity (Wildman–Crippen MR) is 132 cm³/mol. The van der Waals surface area contributed by atoms with Crippen LogP contribution in [0.3, 0.4) is 0 Å². The van der Waals surface area contributed by atoms with Gasteiger partial charge in [0.1, 0.15) is 10.7 Å². The number of methoxy groups -OCH3 is 2. The van der Waals surface area contributed by atoms with Gasteiger partial charge in [-0.1, -0.05) is 47.7 Å². The Hall–Kier alpha value is -3.41. The van der Waals surface area contributed by atoms with Crippen molar-refractivity contribution < 1.29 is 27.8 Å². The zero-order chi connectivity index (χ0) is 25.7. The number of anilines is 1. The first-order valence-electron chi connectivity index (χ1n) is 11.3. The van der Waals surface area contributed by atoms with Crippen molar-refractivity contribution in [3.8, 4) is 11.3 Å². The largest absolute Gasteiger partial charge is 0.464 e. The highest BCUT2D eigenvalue weighted by Gasteiger charge is 2.35. The van der Waals surface area contributed by atoms with E-state index in [0.29, 0.717) is 42.5 Å². The third-order valence-electron chi connectivity index (χ3n) is 5.96. The second kappa shape index (κ2) is 11.5. The number of nitrogens with zero attached hydrogens (tertiary/aromatic N) is 2. The number of hydrogen-bond acceptors (Lipinski definition) is 7. The molecule has 36 heavy (non-hydrogen) atoms. The minimum atomic E-state index is -0.932. The van der Waals surface area contributed by atoms with E-state index in [4.69, 9.17) is 9.47 Å². The van der Waals surface area contributed by atoms with Crippen LogP contribution >= 0.6 is 11.3 Å². The smallest absolute Gasteiger partial charge is 0.367 e. The van der Waals surface area contributed by atoms with Crippen LogP contribution in [-0.4, -0.2) is 68.4 Å². The lowest BCUT2D eigenvalue weighted by molar-refractivity contribution is 0.0600. The third-order valence-corrected chi connectivity index (χ3v) is 6.91. The molecule has 11 heteroatoms. The topological polar surface area (TPSA) is 92.8 Å². The summed E-state index contributed by atoms with van der Waals surface area (Å²) in [5.41, 5.74) is 1.77. The molecule has 190 valence electrons. The van der Waals surface area contributed by atoms with Gasteiger partial charge in [-0.15, -0.1) is 0 Å². The number of benzene rings is 2. The average Bonchev–Trinajstić information content (AvgIpc) is 3.48. The third kappa shape index (κ3) is 5.86. The number of thiazole rings is 1. The van der Waals surface area contributed by atoms with Gasteiger partial charge in [-0.3, -0.25) is 10.2 Å². The molecule has 2 aromatic carbocycles. The lowest BCUT2D eigenvalue weighted by Crippen LogP contribution is -2.42. The van der Waals surface area contributed by atoms with Crippen LogP contribution in [0.4, 0.5) is 18.6 Å². The number of aromatic nitrogens is 1. The highest BCUT2D eigenvalue weighted by molar-refractivity contribution is 7.18. The molecule has 2 atom stereocenters. The van der Waals surface area contributed by atoms with Crippen LogP contribution in [0.2, 0.25) is 0 Å². The Morgan fingerprint density at radius 1 is 1.11 bits per heavy atom. The molecule has 2 unspecified atom stereocenters. The van der Waals surface area contributed by atoms with Gasteiger partial charge in [0.2, 0.25) is 5.01 Å². The zero-order valence-electron chi connectivity index (χ0n) is 19.8. The maximum absolute atomic E-state index is 14.0. The molecule has 0 bridgehead atoms. The fourth-order valence-electron chi connectivity index (χ4n) is 4.19. The van der Waals surface area contributed by atoms with Crippen molar-refractivity contribution in [3.05, 3.63) is 70.7 Å². The lowest BCUT2D eigenvalue weighted by Gasteiger charge is -2.20. The predicted octanol–water partition coefficient (Wildman–Crippen LogP) is 4.11. The summed E-state index contributed by atoms with van der Waals surface area (Å²) in [5, 5.41) is 6.26. The molecule has 8 nitrogen and oxygen atoms in total. The summed E-state index contributed by atoms with van der Waals surface area (Å²) in [5.74, 6) is -2.72. The van der Waals surface area contributed by atoms with E-state index in [0.717, 1.165) is 23.0 Å².